The lowest BCUT2D eigenvalue weighted by molar-refractivity contribution is 0.0934. The van der Waals surface area contributed by atoms with Crippen molar-refractivity contribution in [3.05, 3.63) is 23.8 Å². The van der Waals surface area contributed by atoms with Gasteiger partial charge in [-0.05, 0) is 43.9 Å². The van der Waals surface area contributed by atoms with E-state index in [1.807, 2.05) is 0 Å². The predicted octanol–water partition coefficient (Wildman–Crippen LogP) is 2.93. The van der Waals surface area contributed by atoms with Crippen molar-refractivity contribution in [1.29, 1.82) is 0 Å². The molecular weight excluding hydrogens is 352 g/mol. The number of nitrogens with one attached hydrogen (secondary N) is 1. The smallest absolute Gasteiger partial charge is 0.255 e. The van der Waals surface area contributed by atoms with Crippen molar-refractivity contribution in [1.82, 2.24) is 9.62 Å². The quantitative estimate of drug-likeness (QED) is 0.852. The van der Waals surface area contributed by atoms with E-state index in [1.54, 1.807) is 10.4 Å². The van der Waals surface area contributed by atoms with E-state index < -0.39 is 10.0 Å². The fraction of sp³-hybridized carbons (Fsp3) is 0.632. The first-order chi connectivity index (χ1) is 12.5. The number of methoxy groups -OCH3 is 1. The van der Waals surface area contributed by atoms with Crippen molar-refractivity contribution in [2.45, 2.75) is 62.3 Å². The normalized spacial score (nSPS) is 19.9. The third-order valence-corrected chi connectivity index (χ3v) is 7.20. The van der Waals surface area contributed by atoms with Gasteiger partial charge in [0.05, 0.1) is 17.6 Å². The molecule has 26 heavy (non-hydrogen) atoms. The zero-order valence-electron chi connectivity index (χ0n) is 15.4. The maximum atomic E-state index is 13.0. The van der Waals surface area contributed by atoms with Crippen molar-refractivity contribution >= 4 is 15.9 Å². The van der Waals surface area contributed by atoms with Gasteiger partial charge in [-0.2, -0.15) is 4.31 Å². The molecule has 7 heteroatoms. The minimum atomic E-state index is -3.60. The molecule has 1 aromatic carbocycles. The number of benzene rings is 1. The average molecular weight is 381 g/mol. The number of carbonyl (C=O) groups excluding carboxylic acids is 1. The van der Waals surface area contributed by atoms with Crippen molar-refractivity contribution in [3.8, 4) is 5.75 Å². The fourth-order valence-corrected chi connectivity index (χ4v) is 5.33. The maximum Gasteiger partial charge on any atom is 0.255 e. The van der Waals surface area contributed by atoms with Crippen LogP contribution in [0.2, 0.25) is 0 Å². The summed E-state index contributed by atoms with van der Waals surface area (Å²) in [6, 6.07) is 4.74. The number of hydrogen-bond acceptors (Lipinski definition) is 4. The molecular formula is C19H28N2O4S. The van der Waals surface area contributed by atoms with Crippen LogP contribution in [0.1, 0.15) is 61.7 Å². The van der Waals surface area contributed by atoms with E-state index in [4.69, 9.17) is 4.74 Å². The molecule has 0 radical (unpaired) electrons. The van der Waals surface area contributed by atoms with Crippen LogP contribution in [0, 0.1) is 0 Å². The Bertz CT molecular complexity index is 734. The van der Waals surface area contributed by atoms with E-state index in [1.165, 1.54) is 19.2 Å². The summed E-state index contributed by atoms with van der Waals surface area (Å²) in [4.78, 5) is 12.9. The highest BCUT2D eigenvalue weighted by Gasteiger charge is 2.27. The van der Waals surface area contributed by atoms with Crippen LogP contribution in [-0.4, -0.2) is 44.9 Å². The first kappa shape index (κ1) is 19.2. The Balaban J connectivity index is 1.87. The van der Waals surface area contributed by atoms with Gasteiger partial charge in [0.1, 0.15) is 5.75 Å². The first-order valence-electron chi connectivity index (χ1n) is 9.51. The first-order valence-corrected chi connectivity index (χ1v) is 11.0. The highest BCUT2D eigenvalue weighted by molar-refractivity contribution is 7.89. The highest BCUT2D eigenvalue weighted by atomic mass is 32.2. The van der Waals surface area contributed by atoms with E-state index in [0.717, 1.165) is 51.4 Å². The van der Waals surface area contributed by atoms with E-state index in [0.29, 0.717) is 18.8 Å². The Morgan fingerprint density at radius 1 is 1.08 bits per heavy atom. The largest absolute Gasteiger partial charge is 0.496 e. The Hall–Kier alpha value is -1.60. The second-order valence-corrected chi connectivity index (χ2v) is 9.07. The summed E-state index contributed by atoms with van der Waals surface area (Å²) in [5.74, 6) is 0.136. The summed E-state index contributed by atoms with van der Waals surface area (Å²) in [6.07, 6.45) is 8.05. The van der Waals surface area contributed by atoms with Gasteiger partial charge in [-0.1, -0.05) is 25.7 Å². The molecule has 0 spiro atoms. The molecule has 6 nitrogen and oxygen atoms in total. The van der Waals surface area contributed by atoms with Gasteiger partial charge >= 0.3 is 0 Å². The molecule has 1 amide bonds. The minimum absolute atomic E-state index is 0.164. The van der Waals surface area contributed by atoms with Crippen LogP contribution in [0.15, 0.2) is 23.1 Å². The van der Waals surface area contributed by atoms with E-state index in [2.05, 4.69) is 5.32 Å². The monoisotopic (exact) mass is 380 g/mol. The second-order valence-electron chi connectivity index (χ2n) is 7.14. The number of amides is 1. The molecule has 2 fully saturated rings. The minimum Gasteiger partial charge on any atom is -0.496 e. The van der Waals surface area contributed by atoms with Gasteiger partial charge in [0.15, 0.2) is 0 Å². The third kappa shape index (κ3) is 4.20. The van der Waals surface area contributed by atoms with Gasteiger partial charge in [0, 0.05) is 19.1 Å². The molecule has 0 unspecified atom stereocenters. The molecule has 1 aromatic rings. The maximum absolute atomic E-state index is 13.0. The lowest BCUT2D eigenvalue weighted by atomic mass is 10.1. The van der Waals surface area contributed by atoms with E-state index in [9.17, 15) is 13.2 Å². The zero-order chi connectivity index (χ0) is 18.6. The Morgan fingerprint density at radius 3 is 2.35 bits per heavy atom. The summed E-state index contributed by atoms with van der Waals surface area (Å²) in [5.41, 5.74) is 0.287. The molecule has 1 aliphatic carbocycles. The summed E-state index contributed by atoms with van der Waals surface area (Å²) >= 11 is 0. The van der Waals surface area contributed by atoms with E-state index >= 15 is 0 Å². The summed E-state index contributed by atoms with van der Waals surface area (Å²) in [6.45, 7) is 1.08. The van der Waals surface area contributed by atoms with Crippen molar-refractivity contribution in [2.24, 2.45) is 0 Å². The number of hydrogen-bond donors (Lipinski definition) is 1. The van der Waals surface area contributed by atoms with Crippen LogP contribution in [0.4, 0.5) is 0 Å². The summed E-state index contributed by atoms with van der Waals surface area (Å²) in [7, 11) is -2.11. The standard InChI is InChI=1S/C19H28N2O4S/c1-25-18-11-10-16(26(23,24)21-12-6-2-3-7-13-21)14-17(18)19(22)20-15-8-4-5-9-15/h10-11,14-15H,2-9,12-13H2,1H3,(H,20,22). The summed E-state index contributed by atoms with van der Waals surface area (Å²) in [5, 5.41) is 3.01. The van der Waals surface area contributed by atoms with Crippen LogP contribution in [0.3, 0.4) is 0 Å². The Labute approximate surface area is 156 Å². The van der Waals surface area contributed by atoms with Crippen LogP contribution in [0.25, 0.3) is 0 Å². The second kappa shape index (κ2) is 8.39. The summed E-state index contributed by atoms with van der Waals surface area (Å²) < 4.78 is 32.9. The predicted molar refractivity (Wildman–Crippen MR) is 99.9 cm³/mol. The third-order valence-electron chi connectivity index (χ3n) is 5.31. The van der Waals surface area contributed by atoms with Gasteiger partial charge in [0.25, 0.3) is 5.91 Å². The van der Waals surface area contributed by atoms with Gasteiger partial charge in [-0.15, -0.1) is 0 Å². The number of carbonyl (C=O) groups is 1. The number of ether oxygens (including phenoxy) is 1. The number of rotatable bonds is 5. The van der Waals surface area contributed by atoms with Crippen molar-refractivity contribution < 1.29 is 17.9 Å². The molecule has 1 heterocycles. The zero-order valence-corrected chi connectivity index (χ0v) is 16.2. The molecule has 0 bridgehead atoms. The van der Waals surface area contributed by atoms with Crippen molar-refractivity contribution in [3.63, 3.8) is 0 Å². The lowest BCUT2D eigenvalue weighted by Crippen LogP contribution is -2.34. The van der Waals surface area contributed by atoms with Crippen molar-refractivity contribution in [2.75, 3.05) is 20.2 Å². The SMILES string of the molecule is COc1ccc(S(=O)(=O)N2CCCCCC2)cc1C(=O)NC1CCCC1. The molecule has 2 aliphatic rings. The molecule has 1 N–H and O–H groups in total. The molecule has 3 rings (SSSR count). The molecule has 0 aromatic heterocycles. The van der Waals surface area contributed by atoms with Gasteiger partial charge in [-0.3, -0.25) is 4.79 Å². The number of sulfonamides is 1. The highest BCUT2D eigenvalue weighted by Crippen LogP contribution is 2.27. The van der Waals surface area contributed by atoms with Gasteiger partial charge < -0.3 is 10.1 Å². The Kier molecular flexibility index (Phi) is 6.19. The molecule has 0 atom stereocenters. The van der Waals surface area contributed by atoms with Crippen LogP contribution in [-0.2, 0) is 10.0 Å². The molecule has 1 aliphatic heterocycles. The Morgan fingerprint density at radius 2 is 1.73 bits per heavy atom. The van der Waals surface area contributed by atoms with Crippen LogP contribution in [0.5, 0.6) is 5.75 Å². The van der Waals surface area contributed by atoms with Gasteiger partial charge in [-0.25, -0.2) is 8.42 Å². The van der Waals surface area contributed by atoms with Crippen LogP contribution < -0.4 is 10.1 Å². The average Bonchev–Trinajstić information content (AvgIpc) is 2.99. The van der Waals surface area contributed by atoms with Crippen LogP contribution >= 0.6 is 0 Å². The number of nitrogens with zero attached hydrogens (tertiary/aromatic N) is 1. The van der Waals surface area contributed by atoms with E-state index in [-0.39, 0.29) is 22.4 Å². The lowest BCUT2D eigenvalue weighted by Gasteiger charge is -2.21. The van der Waals surface area contributed by atoms with Gasteiger partial charge in [0.2, 0.25) is 10.0 Å². The topological polar surface area (TPSA) is 75.7 Å². The fourth-order valence-electron chi connectivity index (χ4n) is 3.79. The molecule has 1 saturated heterocycles. The molecule has 1 saturated carbocycles. The molecule has 144 valence electrons.